The lowest BCUT2D eigenvalue weighted by Gasteiger charge is -2.41. The van der Waals surface area contributed by atoms with Crippen molar-refractivity contribution in [3.05, 3.63) is 17.5 Å². The number of methoxy groups -OCH3 is 1. The highest BCUT2D eigenvalue weighted by molar-refractivity contribution is 5.33. The lowest BCUT2D eigenvalue weighted by molar-refractivity contribution is 0.109. The van der Waals surface area contributed by atoms with Gasteiger partial charge in [-0.25, -0.2) is 9.97 Å². The lowest BCUT2D eigenvalue weighted by Crippen LogP contribution is -2.54. The molecule has 2 rings (SSSR count). The Morgan fingerprint density at radius 2 is 2.10 bits per heavy atom. The fraction of sp³-hybridized carbons (Fsp3) is 0.750. The van der Waals surface area contributed by atoms with E-state index in [0.717, 1.165) is 63.0 Å². The molecule has 0 saturated carbocycles. The smallest absolute Gasteiger partial charge is 0.225 e. The van der Waals surface area contributed by atoms with Gasteiger partial charge in [0.1, 0.15) is 0 Å². The molecular formula is C16H28N4O. The average Bonchev–Trinajstić information content (AvgIpc) is 2.52. The zero-order valence-electron chi connectivity index (χ0n) is 13.8. The Kier molecular flexibility index (Phi) is 5.94. The van der Waals surface area contributed by atoms with E-state index in [1.165, 1.54) is 0 Å². The van der Waals surface area contributed by atoms with Crippen LogP contribution in [0.4, 0.5) is 5.95 Å². The molecule has 5 nitrogen and oxygen atoms in total. The first-order valence-electron chi connectivity index (χ1n) is 8.00. The Morgan fingerprint density at radius 3 is 2.76 bits per heavy atom. The minimum Gasteiger partial charge on any atom is -0.383 e. The molecule has 118 valence electrons. The first kappa shape index (κ1) is 16.2. The first-order valence-corrected chi connectivity index (χ1v) is 8.00. The van der Waals surface area contributed by atoms with E-state index in [0.29, 0.717) is 6.04 Å². The molecule has 1 saturated heterocycles. The molecule has 0 aliphatic carbocycles. The SMILES string of the molecule is CCc1cc(C)nc(N2CCN(CCOC)[C@H](CC)C2)n1. The van der Waals surface area contributed by atoms with E-state index in [1.807, 2.05) is 0 Å². The number of anilines is 1. The van der Waals surface area contributed by atoms with Crippen molar-refractivity contribution in [1.29, 1.82) is 0 Å². The lowest BCUT2D eigenvalue weighted by atomic mass is 10.1. The second-order valence-electron chi connectivity index (χ2n) is 5.69. The summed E-state index contributed by atoms with van der Waals surface area (Å²) in [6, 6.07) is 2.64. The number of ether oxygens (including phenoxy) is 1. The first-order chi connectivity index (χ1) is 10.2. The molecule has 1 aromatic rings. The van der Waals surface area contributed by atoms with Gasteiger partial charge in [-0.3, -0.25) is 4.90 Å². The predicted octanol–water partition coefficient (Wildman–Crippen LogP) is 1.89. The van der Waals surface area contributed by atoms with E-state index in [4.69, 9.17) is 9.72 Å². The van der Waals surface area contributed by atoms with Gasteiger partial charge >= 0.3 is 0 Å². The molecule has 5 heteroatoms. The summed E-state index contributed by atoms with van der Waals surface area (Å²) >= 11 is 0. The van der Waals surface area contributed by atoms with Gasteiger partial charge in [0.05, 0.1) is 6.61 Å². The van der Waals surface area contributed by atoms with E-state index in [2.05, 4.69) is 41.6 Å². The molecule has 0 unspecified atom stereocenters. The third kappa shape index (κ3) is 4.14. The summed E-state index contributed by atoms with van der Waals surface area (Å²) < 4.78 is 5.21. The van der Waals surface area contributed by atoms with Crippen molar-refractivity contribution < 1.29 is 4.74 Å². The van der Waals surface area contributed by atoms with E-state index in [9.17, 15) is 0 Å². The summed E-state index contributed by atoms with van der Waals surface area (Å²) in [7, 11) is 1.77. The zero-order chi connectivity index (χ0) is 15.2. The van der Waals surface area contributed by atoms with Crippen molar-refractivity contribution >= 4 is 5.95 Å². The summed E-state index contributed by atoms with van der Waals surface area (Å²) in [5, 5.41) is 0. The minimum atomic E-state index is 0.558. The van der Waals surface area contributed by atoms with Gasteiger partial charge in [0.15, 0.2) is 0 Å². The maximum atomic E-state index is 5.21. The highest BCUT2D eigenvalue weighted by Crippen LogP contribution is 2.18. The fourth-order valence-electron chi connectivity index (χ4n) is 2.90. The monoisotopic (exact) mass is 292 g/mol. The molecule has 1 atom stereocenters. The maximum absolute atomic E-state index is 5.21. The Morgan fingerprint density at radius 1 is 1.29 bits per heavy atom. The van der Waals surface area contributed by atoms with Crippen LogP contribution in [-0.2, 0) is 11.2 Å². The quantitative estimate of drug-likeness (QED) is 0.801. The van der Waals surface area contributed by atoms with Crippen LogP contribution in [0.3, 0.4) is 0 Å². The van der Waals surface area contributed by atoms with Crippen molar-refractivity contribution in [3.8, 4) is 0 Å². The van der Waals surface area contributed by atoms with Crippen molar-refractivity contribution in [2.24, 2.45) is 0 Å². The highest BCUT2D eigenvalue weighted by Gasteiger charge is 2.26. The molecule has 0 bridgehead atoms. The molecular weight excluding hydrogens is 264 g/mol. The van der Waals surface area contributed by atoms with E-state index < -0.39 is 0 Å². The molecule has 21 heavy (non-hydrogen) atoms. The van der Waals surface area contributed by atoms with Crippen molar-refractivity contribution in [2.45, 2.75) is 39.7 Å². The topological polar surface area (TPSA) is 41.5 Å². The molecule has 1 aliphatic rings. The van der Waals surface area contributed by atoms with Crippen LogP contribution in [0.5, 0.6) is 0 Å². The number of aryl methyl sites for hydroxylation is 2. The van der Waals surface area contributed by atoms with Crippen LogP contribution < -0.4 is 4.90 Å². The Balaban J connectivity index is 2.07. The molecule has 2 heterocycles. The van der Waals surface area contributed by atoms with Crippen LogP contribution in [0.2, 0.25) is 0 Å². The van der Waals surface area contributed by atoms with Crippen molar-refractivity contribution in [3.63, 3.8) is 0 Å². The molecule has 0 N–H and O–H groups in total. The molecule has 0 radical (unpaired) electrons. The summed E-state index contributed by atoms with van der Waals surface area (Å²) in [6.45, 7) is 11.3. The van der Waals surface area contributed by atoms with Crippen LogP contribution in [0, 0.1) is 6.92 Å². The number of hydrogen-bond acceptors (Lipinski definition) is 5. The summed E-state index contributed by atoms with van der Waals surface area (Å²) in [5.74, 6) is 0.900. The average molecular weight is 292 g/mol. The Bertz CT molecular complexity index is 452. The number of nitrogens with zero attached hydrogens (tertiary/aromatic N) is 4. The summed E-state index contributed by atoms with van der Waals surface area (Å²) in [5.41, 5.74) is 2.19. The molecule has 1 aliphatic heterocycles. The van der Waals surface area contributed by atoms with Gasteiger partial charge in [0.25, 0.3) is 0 Å². The normalized spacial score (nSPS) is 20.0. The van der Waals surface area contributed by atoms with Crippen LogP contribution in [0.1, 0.15) is 31.7 Å². The third-order valence-corrected chi connectivity index (χ3v) is 4.20. The summed E-state index contributed by atoms with van der Waals surface area (Å²) in [4.78, 5) is 14.2. The minimum absolute atomic E-state index is 0.558. The highest BCUT2D eigenvalue weighted by atomic mass is 16.5. The van der Waals surface area contributed by atoms with E-state index in [1.54, 1.807) is 7.11 Å². The van der Waals surface area contributed by atoms with Crippen LogP contribution in [0.25, 0.3) is 0 Å². The Hall–Kier alpha value is -1.20. The van der Waals surface area contributed by atoms with Gasteiger partial charge in [-0.1, -0.05) is 13.8 Å². The van der Waals surface area contributed by atoms with Crippen molar-refractivity contribution in [2.75, 3.05) is 44.8 Å². The van der Waals surface area contributed by atoms with Crippen LogP contribution in [-0.4, -0.2) is 60.8 Å². The zero-order valence-corrected chi connectivity index (χ0v) is 13.8. The van der Waals surface area contributed by atoms with Crippen molar-refractivity contribution in [1.82, 2.24) is 14.9 Å². The second-order valence-corrected chi connectivity index (χ2v) is 5.69. The van der Waals surface area contributed by atoms with Gasteiger partial charge in [-0.15, -0.1) is 0 Å². The molecule has 0 spiro atoms. The van der Waals surface area contributed by atoms with Gasteiger partial charge < -0.3 is 9.64 Å². The van der Waals surface area contributed by atoms with Crippen LogP contribution >= 0.6 is 0 Å². The number of piperazine rings is 1. The molecule has 0 amide bonds. The second kappa shape index (κ2) is 7.71. The van der Waals surface area contributed by atoms with Gasteiger partial charge in [0, 0.05) is 50.7 Å². The number of aromatic nitrogens is 2. The standard InChI is InChI=1S/C16H28N4O/c1-5-14-11-13(3)17-16(18-14)20-8-7-19(9-10-21-4)15(6-2)12-20/h11,15H,5-10,12H2,1-4H3/t15-/m1/s1. The van der Waals surface area contributed by atoms with Gasteiger partial charge in [-0.05, 0) is 25.8 Å². The van der Waals surface area contributed by atoms with Crippen LogP contribution in [0.15, 0.2) is 6.07 Å². The number of hydrogen-bond donors (Lipinski definition) is 0. The molecule has 1 aromatic heterocycles. The van der Waals surface area contributed by atoms with E-state index >= 15 is 0 Å². The molecule has 0 aromatic carbocycles. The summed E-state index contributed by atoms with van der Waals surface area (Å²) in [6.07, 6.45) is 2.11. The van der Waals surface area contributed by atoms with Gasteiger partial charge in [0.2, 0.25) is 5.95 Å². The predicted molar refractivity (Wildman–Crippen MR) is 85.9 cm³/mol. The fourth-order valence-corrected chi connectivity index (χ4v) is 2.90. The number of rotatable bonds is 6. The van der Waals surface area contributed by atoms with E-state index in [-0.39, 0.29) is 0 Å². The maximum Gasteiger partial charge on any atom is 0.225 e. The Labute approximate surface area is 128 Å². The largest absolute Gasteiger partial charge is 0.383 e. The van der Waals surface area contributed by atoms with Gasteiger partial charge in [-0.2, -0.15) is 0 Å². The third-order valence-electron chi connectivity index (χ3n) is 4.20. The molecule has 1 fully saturated rings.